The van der Waals surface area contributed by atoms with Gasteiger partial charge in [-0.2, -0.15) is 5.10 Å². The third kappa shape index (κ3) is 5.04. The Morgan fingerprint density at radius 2 is 1.73 bits per heavy atom. The van der Waals surface area contributed by atoms with Crippen LogP contribution in [-0.4, -0.2) is 31.7 Å². The van der Waals surface area contributed by atoms with E-state index in [0.29, 0.717) is 21.1 Å². The van der Waals surface area contributed by atoms with Crippen molar-refractivity contribution in [2.75, 3.05) is 0 Å². The van der Waals surface area contributed by atoms with Crippen molar-refractivity contribution in [2.24, 2.45) is 5.10 Å². The van der Waals surface area contributed by atoms with E-state index in [9.17, 15) is 14.7 Å². The number of benzene rings is 2. The number of rotatable bonds is 5. The number of hydrogen-bond donors (Lipinski definition) is 3. The summed E-state index contributed by atoms with van der Waals surface area (Å²) in [5.74, 6) is -0.576. The van der Waals surface area contributed by atoms with Gasteiger partial charge in [-0.25, -0.2) is 10.4 Å². The molecule has 0 saturated carbocycles. The highest BCUT2D eigenvalue weighted by Crippen LogP contribution is 2.28. The van der Waals surface area contributed by atoms with E-state index in [-0.39, 0.29) is 27.6 Å². The van der Waals surface area contributed by atoms with Gasteiger partial charge in [0.1, 0.15) is 11.8 Å². The maximum Gasteiger partial charge on any atom is 0.276 e. The monoisotopic (exact) mass is 501 g/mol. The van der Waals surface area contributed by atoms with Gasteiger partial charge in [0.15, 0.2) is 5.69 Å². The topological polar surface area (TPSA) is 120 Å². The SMILES string of the molecule is O=C(N/N=C(\c1nc2ccc(Cl)cc2[nH]c1=O)C(O)c1ccc(Cl)cc1Cl)c1ccncc1. The highest BCUT2D eigenvalue weighted by molar-refractivity contribution is 6.35. The molecule has 1 unspecified atom stereocenters. The summed E-state index contributed by atoms with van der Waals surface area (Å²) in [6.07, 6.45) is 1.39. The number of H-pyrrole nitrogens is 1. The molecule has 1 atom stereocenters. The van der Waals surface area contributed by atoms with Crippen molar-refractivity contribution in [3.63, 3.8) is 0 Å². The first-order valence-corrected chi connectivity index (χ1v) is 10.6. The van der Waals surface area contributed by atoms with Gasteiger partial charge in [-0.1, -0.05) is 40.9 Å². The Kier molecular flexibility index (Phi) is 6.71. The molecule has 0 bridgehead atoms. The summed E-state index contributed by atoms with van der Waals surface area (Å²) >= 11 is 18.2. The molecular weight excluding hydrogens is 489 g/mol. The standard InChI is InChI=1S/C22H14Cl3N5O3/c23-12-1-3-14(15(25)9-12)20(31)18(29-30-21(32)11-5-7-26-8-6-11)19-22(33)28-17-10-13(24)2-4-16(17)27-19/h1-10,20,31H,(H,28,33)(H,30,32)/b29-18+. The summed E-state index contributed by atoms with van der Waals surface area (Å²) in [5, 5.41) is 16.1. The molecule has 2 heterocycles. The molecule has 8 nitrogen and oxygen atoms in total. The molecule has 0 radical (unpaired) electrons. The van der Waals surface area contributed by atoms with Crippen LogP contribution in [0.25, 0.3) is 11.0 Å². The van der Waals surface area contributed by atoms with Crippen molar-refractivity contribution in [3.05, 3.63) is 103 Å². The van der Waals surface area contributed by atoms with Crippen LogP contribution in [-0.2, 0) is 0 Å². The first-order valence-electron chi connectivity index (χ1n) is 9.44. The average molecular weight is 503 g/mol. The van der Waals surface area contributed by atoms with Crippen LogP contribution in [0.2, 0.25) is 15.1 Å². The Morgan fingerprint density at radius 1 is 1.03 bits per heavy atom. The Morgan fingerprint density at radius 3 is 2.45 bits per heavy atom. The molecule has 33 heavy (non-hydrogen) atoms. The lowest BCUT2D eigenvalue weighted by Crippen LogP contribution is -2.29. The van der Waals surface area contributed by atoms with Crippen LogP contribution in [0.15, 0.2) is 70.8 Å². The number of aliphatic hydroxyl groups excluding tert-OH is 1. The lowest BCUT2D eigenvalue weighted by Gasteiger charge is -2.16. The number of hydrazone groups is 1. The van der Waals surface area contributed by atoms with E-state index in [4.69, 9.17) is 34.8 Å². The molecule has 0 fully saturated rings. The van der Waals surface area contributed by atoms with E-state index >= 15 is 0 Å². The third-order valence-electron chi connectivity index (χ3n) is 4.63. The highest BCUT2D eigenvalue weighted by atomic mass is 35.5. The van der Waals surface area contributed by atoms with Crippen LogP contribution < -0.4 is 11.0 Å². The maximum absolute atomic E-state index is 12.8. The van der Waals surface area contributed by atoms with Crippen LogP contribution in [0.5, 0.6) is 0 Å². The molecule has 2 aromatic carbocycles. The Bertz CT molecular complexity index is 1440. The number of carbonyl (C=O) groups excluding carboxylic acids is 1. The predicted octanol–water partition coefficient (Wildman–Crippen LogP) is 4.15. The van der Waals surface area contributed by atoms with Crippen LogP contribution in [0.1, 0.15) is 27.7 Å². The molecule has 3 N–H and O–H groups in total. The number of nitrogens with zero attached hydrogens (tertiary/aromatic N) is 3. The molecule has 1 amide bonds. The molecular formula is C22H14Cl3N5O3. The Labute approximate surface area is 201 Å². The lowest BCUT2D eigenvalue weighted by molar-refractivity contribution is 0.0954. The number of aromatic amines is 1. The number of hydrogen-bond acceptors (Lipinski definition) is 6. The zero-order valence-electron chi connectivity index (χ0n) is 16.6. The lowest BCUT2D eigenvalue weighted by atomic mass is 10.0. The second kappa shape index (κ2) is 9.68. The Hall–Kier alpha value is -3.30. The van der Waals surface area contributed by atoms with Crippen molar-refractivity contribution >= 4 is 57.5 Å². The van der Waals surface area contributed by atoms with Gasteiger partial charge in [-0.15, -0.1) is 0 Å². The van der Waals surface area contributed by atoms with Crippen molar-refractivity contribution in [1.82, 2.24) is 20.4 Å². The molecule has 0 aliphatic heterocycles. The van der Waals surface area contributed by atoms with Gasteiger partial charge in [0.2, 0.25) is 0 Å². The second-order valence-corrected chi connectivity index (χ2v) is 8.10. The summed E-state index contributed by atoms with van der Waals surface area (Å²) in [4.78, 5) is 36.2. The fourth-order valence-corrected chi connectivity index (χ4v) is 3.71. The number of aliphatic hydroxyl groups is 1. The summed E-state index contributed by atoms with van der Waals surface area (Å²) in [6, 6.07) is 12.2. The summed E-state index contributed by atoms with van der Waals surface area (Å²) in [6.45, 7) is 0. The van der Waals surface area contributed by atoms with Gasteiger partial charge in [0.05, 0.1) is 11.0 Å². The van der Waals surface area contributed by atoms with E-state index < -0.39 is 17.6 Å². The highest BCUT2D eigenvalue weighted by Gasteiger charge is 2.25. The molecule has 0 spiro atoms. The van der Waals surface area contributed by atoms with Gasteiger partial charge in [0.25, 0.3) is 11.5 Å². The van der Waals surface area contributed by atoms with Crippen molar-refractivity contribution in [1.29, 1.82) is 0 Å². The minimum absolute atomic E-state index is 0.146. The van der Waals surface area contributed by atoms with Crippen molar-refractivity contribution in [3.8, 4) is 0 Å². The van der Waals surface area contributed by atoms with Crippen LogP contribution >= 0.6 is 34.8 Å². The number of amides is 1. The molecule has 11 heteroatoms. The normalized spacial score (nSPS) is 12.5. The predicted molar refractivity (Wildman–Crippen MR) is 127 cm³/mol. The van der Waals surface area contributed by atoms with Gasteiger partial charge in [-0.05, 0) is 42.5 Å². The smallest absolute Gasteiger partial charge is 0.276 e. The van der Waals surface area contributed by atoms with E-state index in [1.54, 1.807) is 18.2 Å². The number of carbonyl (C=O) groups is 1. The zero-order valence-corrected chi connectivity index (χ0v) is 18.9. The number of halogens is 3. The van der Waals surface area contributed by atoms with Crippen molar-refractivity contribution < 1.29 is 9.90 Å². The fraction of sp³-hybridized carbons (Fsp3) is 0.0455. The molecule has 2 aromatic heterocycles. The second-order valence-electron chi connectivity index (χ2n) is 6.82. The maximum atomic E-state index is 12.8. The van der Waals surface area contributed by atoms with Gasteiger partial charge >= 0.3 is 0 Å². The quantitative estimate of drug-likeness (QED) is 0.280. The first kappa shape index (κ1) is 22.9. The van der Waals surface area contributed by atoms with E-state index in [1.807, 2.05) is 0 Å². The average Bonchev–Trinajstić information content (AvgIpc) is 2.79. The zero-order chi connectivity index (χ0) is 23.5. The molecule has 0 aliphatic rings. The number of nitrogens with one attached hydrogen (secondary N) is 2. The van der Waals surface area contributed by atoms with Gasteiger partial charge in [-0.3, -0.25) is 14.6 Å². The van der Waals surface area contributed by atoms with E-state index in [1.165, 1.54) is 42.7 Å². The van der Waals surface area contributed by atoms with Crippen LogP contribution in [0.3, 0.4) is 0 Å². The van der Waals surface area contributed by atoms with Crippen LogP contribution in [0.4, 0.5) is 0 Å². The third-order valence-corrected chi connectivity index (χ3v) is 5.43. The molecule has 4 aromatic rings. The van der Waals surface area contributed by atoms with Crippen molar-refractivity contribution in [2.45, 2.75) is 6.10 Å². The van der Waals surface area contributed by atoms with Crippen LogP contribution in [0, 0.1) is 0 Å². The van der Waals surface area contributed by atoms with E-state index in [0.717, 1.165) is 0 Å². The minimum atomic E-state index is -1.51. The largest absolute Gasteiger partial charge is 0.382 e. The number of fused-ring (bicyclic) bond motifs is 1. The van der Waals surface area contributed by atoms with Gasteiger partial charge < -0.3 is 10.1 Å². The molecule has 166 valence electrons. The number of pyridine rings is 1. The first-order chi connectivity index (χ1) is 15.8. The Balaban J connectivity index is 1.82. The minimum Gasteiger partial charge on any atom is -0.382 e. The van der Waals surface area contributed by atoms with Gasteiger partial charge in [0, 0.05) is 38.6 Å². The molecule has 0 saturated heterocycles. The summed E-state index contributed by atoms with van der Waals surface area (Å²) in [7, 11) is 0. The summed E-state index contributed by atoms with van der Waals surface area (Å²) in [5.41, 5.74) is 2.56. The number of aromatic nitrogens is 3. The fourth-order valence-electron chi connectivity index (χ4n) is 3.03. The molecule has 4 rings (SSSR count). The molecule has 0 aliphatic carbocycles. The van der Waals surface area contributed by atoms with E-state index in [2.05, 4.69) is 25.5 Å². The summed E-state index contributed by atoms with van der Waals surface area (Å²) < 4.78 is 0.